The van der Waals surface area contributed by atoms with Crippen molar-refractivity contribution in [2.75, 3.05) is 6.61 Å². The lowest BCUT2D eigenvalue weighted by Crippen LogP contribution is -2.20. The molecule has 46 valence electrons. The Balaban J connectivity index is 3.09. The highest BCUT2D eigenvalue weighted by atomic mass is 16.5. The van der Waals surface area contributed by atoms with Crippen molar-refractivity contribution in [1.82, 2.24) is 0 Å². The second kappa shape index (κ2) is 4.56. The van der Waals surface area contributed by atoms with Gasteiger partial charge in [0.05, 0.1) is 6.61 Å². The fourth-order valence-electron chi connectivity index (χ4n) is 0.247. The van der Waals surface area contributed by atoms with Crippen molar-refractivity contribution in [3.05, 3.63) is 25.3 Å². The van der Waals surface area contributed by atoms with E-state index in [1.807, 2.05) is 0 Å². The molecule has 0 aliphatic carbocycles. The lowest BCUT2D eigenvalue weighted by Gasteiger charge is -2.03. The third-order valence-electron chi connectivity index (χ3n) is 0.639. The number of ether oxygens (including phenoxy) is 1. The zero-order valence-corrected chi connectivity index (χ0v) is 4.84. The Bertz CT molecular complexity index is 80.6. The van der Waals surface area contributed by atoms with E-state index in [2.05, 4.69) is 13.2 Å². The fourth-order valence-corrected chi connectivity index (χ4v) is 0.247. The van der Waals surface area contributed by atoms with E-state index in [9.17, 15) is 0 Å². The normalized spacial score (nSPS) is 12.6. The van der Waals surface area contributed by atoms with Crippen molar-refractivity contribution >= 4 is 0 Å². The van der Waals surface area contributed by atoms with Crippen LogP contribution in [0.4, 0.5) is 0 Å². The van der Waals surface area contributed by atoms with Crippen molar-refractivity contribution in [3.8, 4) is 0 Å². The van der Waals surface area contributed by atoms with Gasteiger partial charge in [-0.15, -0.1) is 6.58 Å². The third-order valence-corrected chi connectivity index (χ3v) is 0.639. The highest BCUT2D eigenvalue weighted by Crippen LogP contribution is 1.81. The van der Waals surface area contributed by atoms with Crippen molar-refractivity contribution in [2.45, 2.75) is 6.23 Å². The van der Waals surface area contributed by atoms with Crippen LogP contribution < -0.4 is 5.73 Å². The van der Waals surface area contributed by atoms with E-state index < -0.39 is 0 Å². The van der Waals surface area contributed by atoms with E-state index >= 15 is 0 Å². The monoisotopic (exact) mass is 113 g/mol. The van der Waals surface area contributed by atoms with Crippen molar-refractivity contribution in [3.63, 3.8) is 0 Å². The summed E-state index contributed by atoms with van der Waals surface area (Å²) in [6.07, 6.45) is 2.82. The molecule has 0 saturated heterocycles. The third kappa shape index (κ3) is 3.59. The molecular formula is C6H11NO. The molecule has 0 radical (unpaired) electrons. The van der Waals surface area contributed by atoms with Crippen LogP contribution >= 0.6 is 0 Å². The maximum atomic E-state index is 5.27. The van der Waals surface area contributed by atoms with Crippen LogP contribution in [-0.4, -0.2) is 12.8 Å². The maximum Gasteiger partial charge on any atom is 0.124 e. The molecule has 0 fully saturated rings. The van der Waals surface area contributed by atoms with Crippen LogP contribution in [0.1, 0.15) is 0 Å². The van der Waals surface area contributed by atoms with Crippen LogP contribution in [0.3, 0.4) is 0 Å². The molecule has 1 atom stereocenters. The zero-order valence-electron chi connectivity index (χ0n) is 4.84. The molecule has 2 nitrogen and oxygen atoms in total. The van der Waals surface area contributed by atoms with Gasteiger partial charge in [-0.25, -0.2) is 0 Å². The summed E-state index contributed by atoms with van der Waals surface area (Å²) in [6, 6.07) is 0. The first-order chi connectivity index (χ1) is 3.81. The van der Waals surface area contributed by atoms with Gasteiger partial charge in [0.1, 0.15) is 6.23 Å². The van der Waals surface area contributed by atoms with Crippen molar-refractivity contribution in [1.29, 1.82) is 0 Å². The van der Waals surface area contributed by atoms with E-state index in [4.69, 9.17) is 10.5 Å². The van der Waals surface area contributed by atoms with Gasteiger partial charge >= 0.3 is 0 Å². The molecule has 2 heteroatoms. The molecule has 0 aromatic heterocycles. The second-order valence-electron chi connectivity index (χ2n) is 1.32. The maximum absolute atomic E-state index is 5.27. The minimum atomic E-state index is -0.354. The highest BCUT2D eigenvalue weighted by molar-refractivity contribution is 4.75. The van der Waals surface area contributed by atoms with Gasteiger partial charge in [0, 0.05) is 0 Å². The number of hydrogen-bond donors (Lipinski definition) is 1. The quantitative estimate of drug-likeness (QED) is 0.429. The summed E-state index contributed by atoms with van der Waals surface area (Å²) in [5.41, 5.74) is 5.27. The van der Waals surface area contributed by atoms with E-state index in [0.29, 0.717) is 6.61 Å². The Morgan fingerprint density at radius 3 is 2.62 bits per heavy atom. The van der Waals surface area contributed by atoms with Gasteiger partial charge in [-0.3, -0.25) is 0 Å². The van der Waals surface area contributed by atoms with Crippen LogP contribution in [0.5, 0.6) is 0 Å². The van der Waals surface area contributed by atoms with Crippen LogP contribution in [0.15, 0.2) is 25.3 Å². The summed E-state index contributed by atoms with van der Waals surface area (Å²) >= 11 is 0. The molecule has 0 saturated carbocycles. The van der Waals surface area contributed by atoms with E-state index in [1.54, 1.807) is 6.08 Å². The topological polar surface area (TPSA) is 35.2 Å². The summed E-state index contributed by atoms with van der Waals surface area (Å²) < 4.78 is 4.88. The molecule has 0 rings (SSSR count). The fraction of sp³-hybridized carbons (Fsp3) is 0.333. The van der Waals surface area contributed by atoms with Crippen LogP contribution in [0, 0.1) is 0 Å². The van der Waals surface area contributed by atoms with Crippen LogP contribution in [0.25, 0.3) is 0 Å². The Hall–Kier alpha value is -0.600. The zero-order chi connectivity index (χ0) is 6.41. The van der Waals surface area contributed by atoms with Gasteiger partial charge in [0.25, 0.3) is 0 Å². The van der Waals surface area contributed by atoms with Crippen molar-refractivity contribution < 1.29 is 4.74 Å². The van der Waals surface area contributed by atoms with Crippen LogP contribution in [-0.2, 0) is 4.74 Å². The molecule has 0 bridgehead atoms. The molecule has 0 aliphatic rings. The minimum absolute atomic E-state index is 0.354. The lowest BCUT2D eigenvalue weighted by atomic mass is 10.6. The SMILES string of the molecule is C=CCOC(N)C=C. The summed E-state index contributed by atoms with van der Waals surface area (Å²) in [5.74, 6) is 0. The smallest absolute Gasteiger partial charge is 0.124 e. The molecular weight excluding hydrogens is 102 g/mol. The number of hydrogen-bond acceptors (Lipinski definition) is 2. The minimum Gasteiger partial charge on any atom is -0.356 e. The highest BCUT2D eigenvalue weighted by Gasteiger charge is 1.89. The predicted molar refractivity (Wildman–Crippen MR) is 34.3 cm³/mol. The van der Waals surface area contributed by atoms with E-state index in [0.717, 1.165) is 0 Å². The first-order valence-corrected chi connectivity index (χ1v) is 2.42. The molecule has 0 aliphatic heterocycles. The molecule has 0 amide bonds. The van der Waals surface area contributed by atoms with E-state index in [-0.39, 0.29) is 6.23 Å². The average Bonchev–Trinajstić information content (AvgIpc) is 1.83. The summed E-state index contributed by atoms with van der Waals surface area (Å²) in [4.78, 5) is 0. The molecule has 8 heavy (non-hydrogen) atoms. The molecule has 1 unspecified atom stereocenters. The van der Waals surface area contributed by atoms with Gasteiger partial charge in [-0.2, -0.15) is 0 Å². The van der Waals surface area contributed by atoms with Crippen LogP contribution in [0.2, 0.25) is 0 Å². The number of rotatable bonds is 4. The first-order valence-electron chi connectivity index (χ1n) is 2.42. The number of nitrogens with two attached hydrogens (primary N) is 1. The summed E-state index contributed by atoms with van der Waals surface area (Å²) in [7, 11) is 0. The van der Waals surface area contributed by atoms with E-state index in [1.165, 1.54) is 6.08 Å². The molecule has 2 N–H and O–H groups in total. The molecule has 0 heterocycles. The second-order valence-corrected chi connectivity index (χ2v) is 1.32. The standard InChI is InChI=1S/C6H11NO/c1-3-5-8-6(7)4-2/h3-4,6H,1-2,5,7H2. The molecule has 0 aromatic rings. The van der Waals surface area contributed by atoms with Gasteiger partial charge in [0.15, 0.2) is 0 Å². The Morgan fingerprint density at radius 2 is 2.25 bits per heavy atom. The molecule has 0 aromatic carbocycles. The first kappa shape index (κ1) is 7.40. The largest absolute Gasteiger partial charge is 0.356 e. The Kier molecular flexibility index (Phi) is 4.21. The Morgan fingerprint density at radius 1 is 1.62 bits per heavy atom. The lowest BCUT2D eigenvalue weighted by molar-refractivity contribution is 0.115. The van der Waals surface area contributed by atoms with Gasteiger partial charge in [0.2, 0.25) is 0 Å². The Labute approximate surface area is 49.6 Å². The average molecular weight is 113 g/mol. The van der Waals surface area contributed by atoms with Gasteiger partial charge in [-0.1, -0.05) is 12.7 Å². The van der Waals surface area contributed by atoms with Gasteiger partial charge < -0.3 is 10.5 Å². The predicted octanol–water partition coefficient (Wildman–Crippen LogP) is 0.660. The molecule has 0 spiro atoms. The van der Waals surface area contributed by atoms with Crippen molar-refractivity contribution in [2.24, 2.45) is 5.73 Å². The van der Waals surface area contributed by atoms with Gasteiger partial charge in [-0.05, 0) is 6.08 Å². The summed E-state index contributed by atoms with van der Waals surface area (Å²) in [6.45, 7) is 7.36. The summed E-state index contributed by atoms with van der Waals surface area (Å²) in [5, 5.41) is 0.